The van der Waals surface area contributed by atoms with Crippen LogP contribution in [0.25, 0.3) is 143 Å². The quantitative estimate of drug-likeness (QED) is 0.156. The summed E-state index contributed by atoms with van der Waals surface area (Å²) >= 11 is 0. The van der Waals surface area contributed by atoms with E-state index in [-0.39, 0.29) is 5.41 Å². The van der Waals surface area contributed by atoms with Crippen molar-refractivity contribution in [2.24, 2.45) is 0 Å². The van der Waals surface area contributed by atoms with Crippen LogP contribution >= 0.6 is 0 Å². The maximum Gasteiger partial charge on any atom is 0.0754 e. The van der Waals surface area contributed by atoms with E-state index in [1.165, 1.54) is 225 Å². The molecule has 0 bridgehead atoms. The van der Waals surface area contributed by atoms with Gasteiger partial charge in [-0.1, -0.05) is 286 Å². The van der Waals surface area contributed by atoms with Crippen LogP contribution in [0.2, 0.25) is 0 Å². The minimum atomic E-state index is -0.589. The van der Waals surface area contributed by atoms with E-state index < -0.39 is 10.8 Å². The molecule has 2 atom stereocenters. The van der Waals surface area contributed by atoms with Gasteiger partial charge in [0.15, 0.2) is 0 Å². The fourth-order valence-electron chi connectivity index (χ4n) is 20.8. The van der Waals surface area contributed by atoms with Gasteiger partial charge in [0.05, 0.1) is 44.3 Å². The smallest absolute Gasteiger partial charge is 0.0754 e. The van der Waals surface area contributed by atoms with Gasteiger partial charge < -0.3 is 9.13 Å². The normalized spacial score (nSPS) is 17.5. The molecule has 6 aliphatic rings. The highest BCUT2D eigenvalue weighted by Gasteiger charge is 2.54. The zero-order valence-electron chi connectivity index (χ0n) is 52.1. The van der Waals surface area contributed by atoms with E-state index in [9.17, 15) is 0 Å². The number of nitrogens with zero attached hydrogens (tertiary/aromatic N) is 2. The molecule has 2 aromatic heterocycles. The number of para-hydroxylation sites is 6. The molecule has 2 aliphatic heterocycles. The lowest BCUT2D eigenvalue weighted by Crippen LogP contribution is -2.33. The van der Waals surface area contributed by atoms with E-state index in [4.69, 9.17) is 0 Å². The monoisotopic (exact) mass is 1200 g/mol. The Kier molecular flexibility index (Phi) is 9.64. The van der Waals surface area contributed by atoms with Crippen molar-refractivity contribution in [1.82, 2.24) is 9.13 Å². The fraction of sp³-hybridized carbons (Fsp3) is 0.0753. The van der Waals surface area contributed by atoms with Crippen molar-refractivity contribution < 1.29 is 0 Å². The zero-order chi connectivity index (χ0) is 61.6. The number of rotatable bonds is 3. The molecule has 0 N–H and O–H groups in total. The van der Waals surface area contributed by atoms with Crippen LogP contribution < -0.4 is 0 Å². The van der Waals surface area contributed by atoms with Gasteiger partial charge in [-0.25, -0.2) is 0 Å². The fourth-order valence-corrected chi connectivity index (χ4v) is 20.8. The maximum atomic E-state index is 2.62. The van der Waals surface area contributed by atoms with Crippen LogP contribution in [0, 0.1) is 0 Å². The molecule has 4 heterocycles. The molecule has 1 saturated carbocycles. The molecule has 3 spiro atoms. The third-order valence-corrected chi connectivity index (χ3v) is 24.1. The molecule has 0 saturated heterocycles. The molecule has 2 nitrogen and oxygen atoms in total. The Balaban J connectivity index is 0.834. The summed E-state index contributed by atoms with van der Waals surface area (Å²) < 4.78 is 5.11. The average Bonchev–Trinajstić information content (AvgIpc) is 1.53. The molecule has 95 heavy (non-hydrogen) atoms. The van der Waals surface area contributed by atoms with Gasteiger partial charge in [0, 0.05) is 27.0 Å². The van der Waals surface area contributed by atoms with Crippen LogP contribution in [0.4, 0.5) is 0 Å². The summed E-state index contributed by atoms with van der Waals surface area (Å²) in [6.07, 6.45) is 4.84. The first-order valence-corrected chi connectivity index (χ1v) is 34.1. The van der Waals surface area contributed by atoms with E-state index in [2.05, 4.69) is 312 Å². The van der Waals surface area contributed by atoms with Crippen LogP contribution in [-0.4, -0.2) is 9.13 Å². The van der Waals surface area contributed by atoms with Crippen molar-refractivity contribution in [3.63, 3.8) is 0 Å². The predicted octanol–water partition coefficient (Wildman–Crippen LogP) is 23.4. The second-order valence-electron chi connectivity index (χ2n) is 27.8. The molecule has 0 amide bonds. The van der Waals surface area contributed by atoms with E-state index in [0.29, 0.717) is 0 Å². The first kappa shape index (κ1) is 51.0. The molecule has 17 aromatic rings. The van der Waals surface area contributed by atoms with E-state index in [1.54, 1.807) is 0 Å². The molecule has 0 radical (unpaired) electrons. The van der Waals surface area contributed by atoms with Gasteiger partial charge in [0.25, 0.3) is 0 Å². The molecular formula is C93H58N2. The summed E-state index contributed by atoms with van der Waals surface area (Å²) in [5.41, 5.74) is 35.6. The lowest BCUT2D eigenvalue weighted by Gasteiger charge is -2.39. The molecule has 440 valence electrons. The summed E-state index contributed by atoms with van der Waals surface area (Å²) in [7, 11) is 0. The average molecular weight is 1200 g/mol. The Morgan fingerprint density at radius 2 is 0.547 bits per heavy atom. The number of hydrogen-bond donors (Lipinski definition) is 0. The van der Waals surface area contributed by atoms with Crippen LogP contribution in [-0.2, 0) is 16.2 Å². The molecule has 2 heteroatoms. The van der Waals surface area contributed by atoms with Crippen molar-refractivity contribution in [1.29, 1.82) is 0 Å². The summed E-state index contributed by atoms with van der Waals surface area (Å²) in [6.45, 7) is 0. The van der Waals surface area contributed by atoms with Crippen LogP contribution in [0.15, 0.2) is 303 Å². The van der Waals surface area contributed by atoms with Gasteiger partial charge in [-0.3, -0.25) is 0 Å². The number of benzene rings is 15. The van der Waals surface area contributed by atoms with Crippen molar-refractivity contribution in [2.75, 3.05) is 0 Å². The molecule has 1 fully saturated rings. The first-order chi connectivity index (χ1) is 47.2. The molecule has 4 aliphatic carbocycles. The standard InChI is InChI=1S/C93H58N2/c1-6-38-71-65(26-1)88-68(37-23-43-76(88)91(71)52-15-16-53-91)85-61-31-17-29-55(59-33-19-44-77-86(59)66-27-2-7-39-72(66)92(77)74-41-9-13-50-83(74)94-81-48-11-4-24-57(81)63-35-21-46-79(92)89(63)94)69(61)54-70-56(30-18-32-62(70)85)60-34-20-45-78-87(60)67-28-3-8-40-73(67)93(78)75-42-10-14-51-84(75)95-82-49-12-5-25-58(82)64-36-22-47-80(93)90(64)95/h1-14,17-51,54H,15-16,52-53H2. The van der Waals surface area contributed by atoms with Crippen molar-refractivity contribution in [2.45, 2.75) is 41.9 Å². The molecule has 2 unspecified atom stereocenters. The molecule has 23 rings (SSSR count). The minimum absolute atomic E-state index is 0.00733. The Bertz CT molecular complexity index is 6050. The summed E-state index contributed by atoms with van der Waals surface area (Å²) in [4.78, 5) is 0. The van der Waals surface area contributed by atoms with E-state index >= 15 is 0 Å². The Labute approximate surface area is 549 Å². The summed E-state index contributed by atoms with van der Waals surface area (Å²) in [5.74, 6) is 0. The van der Waals surface area contributed by atoms with E-state index in [1.807, 2.05) is 0 Å². The van der Waals surface area contributed by atoms with Gasteiger partial charge in [0.1, 0.15) is 0 Å². The van der Waals surface area contributed by atoms with Gasteiger partial charge in [0.2, 0.25) is 0 Å². The number of fused-ring (bicyclic) bond motifs is 31. The minimum Gasteiger partial charge on any atom is -0.309 e. The molecular weight excluding hydrogens is 1150 g/mol. The highest BCUT2D eigenvalue weighted by atomic mass is 15.0. The number of hydrogen-bond acceptors (Lipinski definition) is 0. The second kappa shape index (κ2) is 18.0. The predicted molar refractivity (Wildman–Crippen MR) is 393 cm³/mol. The lowest BCUT2D eigenvalue weighted by molar-refractivity contribution is 0.550. The molecule has 15 aromatic carbocycles. The third kappa shape index (κ3) is 5.91. The van der Waals surface area contributed by atoms with Crippen LogP contribution in [0.5, 0.6) is 0 Å². The summed E-state index contributed by atoms with van der Waals surface area (Å²) in [6, 6.07) is 118. The van der Waals surface area contributed by atoms with Crippen molar-refractivity contribution in [3.05, 3.63) is 359 Å². The highest BCUT2D eigenvalue weighted by Crippen LogP contribution is 2.66. The summed E-state index contributed by atoms with van der Waals surface area (Å²) in [5, 5.41) is 10.2. The van der Waals surface area contributed by atoms with Crippen LogP contribution in [0.3, 0.4) is 0 Å². The Morgan fingerprint density at radius 1 is 0.211 bits per heavy atom. The zero-order valence-corrected chi connectivity index (χ0v) is 52.1. The largest absolute Gasteiger partial charge is 0.309 e. The van der Waals surface area contributed by atoms with Gasteiger partial charge in [-0.2, -0.15) is 0 Å². The van der Waals surface area contributed by atoms with E-state index in [0.717, 1.165) is 0 Å². The maximum absolute atomic E-state index is 2.62. The van der Waals surface area contributed by atoms with Gasteiger partial charge in [-0.15, -0.1) is 0 Å². The van der Waals surface area contributed by atoms with Crippen molar-refractivity contribution in [3.8, 4) is 78.1 Å². The third-order valence-electron chi connectivity index (χ3n) is 24.1. The first-order valence-electron chi connectivity index (χ1n) is 34.1. The van der Waals surface area contributed by atoms with Crippen LogP contribution in [0.1, 0.15) is 81.3 Å². The highest BCUT2D eigenvalue weighted by molar-refractivity contribution is 6.23. The Morgan fingerprint density at radius 3 is 1.07 bits per heavy atom. The number of aromatic nitrogens is 2. The van der Waals surface area contributed by atoms with Gasteiger partial charge >= 0.3 is 0 Å². The van der Waals surface area contributed by atoms with Crippen molar-refractivity contribution >= 4 is 65.2 Å². The Hall–Kier alpha value is -11.6. The SMILES string of the molecule is c1ccc2c(c1)-c1c(-c3c4cccc(-c5cccc6c5-c5ccccc5C65c6ccccc6-n6c7ccccc7c7cccc5c76)c4cc4c(-c5cccc6c5-c5ccccc5C65c6ccccc6-n6c7ccccc7c7cccc5c76)cccc34)cccc1C21CCCC1. The van der Waals surface area contributed by atoms with Gasteiger partial charge in [-0.05, 0) is 187 Å². The second-order valence-corrected chi connectivity index (χ2v) is 27.8. The lowest BCUT2D eigenvalue weighted by atomic mass is 9.65. The topological polar surface area (TPSA) is 9.86 Å².